The molecule has 1 unspecified atom stereocenters. The number of rotatable bonds is 6. The number of nitrogens with one attached hydrogen (secondary N) is 1. The van der Waals surface area contributed by atoms with Crippen LogP contribution in [0.25, 0.3) is 6.08 Å². The Balaban J connectivity index is 1.50. The van der Waals surface area contributed by atoms with Crippen molar-refractivity contribution in [3.8, 4) is 0 Å². The molecule has 3 heterocycles. The van der Waals surface area contributed by atoms with E-state index in [4.69, 9.17) is 17.0 Å². The lowest BCUT2D eigenvalue weighted by atomic mass is 9.91. The summed E-state index contributed by atoms with van der Waals surface area (Å²) in [5.41, 5.74) is 2.60. The summed E-state index contributed by atoms with van der Waals surface area (Å²) in [5, 5.41) is 0.894. The molecule has 5 rings (SSSR count). The molecule has 2 saturated heterocycles. The van der Waals surface area contributed by atoms with Gasteiger partial charge in [0.2, 0.25) is 0 Å². The van der Waals surface area contributed by atoms with E-state index in [0.717, 1.165) is 10.6 Å². The van der Waals surface area contributed by atoms with Crippen molar-refractivity contribution in [3.05, 3.63) is 107 Å². The molecule has 2 amide bonds. The van der Waals surface area contributed by atoms with Crippen LogP contribution in [0.1, 0.15) is 22.7 Å². The van der Waals surface area contributed by atoms with Gasteiger partial charge in [0.05, 0.1) is 17.5 Å². The van der Waals surface area contributed by atoms with Gasteiger partial charge in [-0.2, -0.15) is 0 Å². The van der Waals surface area contributed by atoms with Crippen LogP contribution in [0.4, 0.5) is 22.4 Å². The van der Waals surface area contributed by atoms with Gasteiger partial charge in [-0.1, -0.05) is 60.8 Å². The van der Waals surface area contributed by atoms with Gasteiger partial charge in [-0.05, 0) is 17.2 Å². The standard InChI is InChI=1S/C26H18F4N4O3S/c27-17-11-18(28)22(30)20(21(17)29)23(38)32-34-24(16(25(34)35)9-8-14-5-4-10-31-12-14)33-19(13-37-26(33)36)15-6-2-1-3-7-15/h1-12,16,19,24H,13H2,(H,32,38)/t16-,19?,24-/m1/s1. The van der Waals surface area contributed by atoms with Gasteiger partial charge in [-0.25, -0.2) is 27.4 Å². The first-order chi connectivity index (χ1) is 18.3. The van der Waals surface area contributed by atoms with Crippen molar-refractivity contribution in [2.45, 2.75) is 12.2 Å². The van der Waals surface area contributed by atoms with Gasteiger partial charge >= 0.3 is 6.09 Å². The predicted octanol–water partition coefficient (Wildman–Crippen LogP) is 4.51. The van der Waals surface area contributed by atoms with E-state index < -0.39 is 63.9 Å². The van der Waals surface area contributed by atoms with E-state index in [1.54, 1.807) is 67.0 Å². The van der Waals surface area contributed by atoms with Crippen molar-refractivity contribution < 1.29 is 31.9 Å². The van der Waals surface area contributed by atoms with Crippen molar-refractivity contribution in [2.24, 2.45) is 5.92 Å². The zero-order chi connectivity index (χ0) is 27.0. The summed E-state index contributed by atoms with van der Waals surface area (Å²) in [6.45, 7) is -0.0107. The highest BCUT2D eigenvalue weighted by Crippen LogP contribution is 2.39. The van der Waals surface area contributed by atoms with Gasteiger partial charge in [-0.15, -0.1) is 0 Å². The molecule has 38 heavy (non-hydrogen) atoms. The normalized spacial score (nSPS) is 21.0. The van der Waals surface area contributed by atoms with Crippen LogP contribution in [0, 0.1) is 29.2 Å². The van der Waals surface area contributed by atoms with E-state index in [0.29, 0.717) is 5.56 Å². The second kappa shape index (κ2) is 10.2. The largest absolute Gasteiger partial charge is 0.447 e. The molecule has 0 spiro atoms. The van der Waals surface area contributed by atoms with Gasteiger partial charge in [0.25, 0.3) is 5.91 Å². The molecule has 2 aromatic carbocycles. The highest BCUT2D eigenvalue weighted by molar-refractivity contribution is 7.80. The number of nitrogens with zero attached hydrogens (tertiary/aromatic N) is 3. The lowest BCUT2D eigenvalue weighted by Gasteiger charge is -2.50. The van der Waals surface area contributed by atoms with E-state index in [9.17, 15) is 27.2 Å². The summed E-state index contributed by atoms with van der Waals surface area (Å²) >= 11 is 5.02. The number of ether oxygens (including phenoxy) is 1. The molecule has 12 heteroatoms. The van der Waals surface area contributed by atoms with Crippen molar-refractivity contribution in [1.29, 1.82) is 0 Å². The van der Waals surface area contributed by atoms with Crippen LogP contribution < -0.4 is 5.43 Å². The third-order valence-corrected chi connectivity index (χ3v) is 6.53. The molecule has 0 aliphatic carbocycles. The Morgan fingerprint density at radius 2 is 1.76 bits per heavy atom. The third kappa shape index (κ3) is 4.47. The van der Waals surface area contributed by atoms with E-state index in [1.807, 2.05) is 0 Å². The molecule has 2 fully saturated rings. The van der Waals surface area contributed by atoms with Crippen LogP contribution in [0.3, 0.4) is 0 Å². The molecule has 0 bridgehead atoms. The highest BCUT2D eigenvalue weighted by Gasteiger charge is 2.55. The van der Waals surface area contributed by atoms with E-state index in [-0.39, 0.29) is 12.7 Å². The van der Waals surface area contributed by atoms with E-state index in [2.05, 4.69) is 10.4 Å². The minimum Gasteiger partial charge on any atom is -0.447 e. The number of aromatic nitrogens is 1. The smallest absolute Gasteiger partial charge is 0.412 e. The minimum absolute atomic E-state index is 0.0107. The zero-order valence-electron chi connectivity index (χ0n) is 19.4. The van der Waals surface area contributed by atoms with Gasteiger partial charge < -0.3 is 4.74 Å². The quantitative estimate of drug-likeness (QED) is 0.214. The molecular weight excluding hydrogens is 524 g/mol. The molecule has 1 N–H and O–H groups in total. The number of amides is 2. The van der Waals surface area contributed by atoms with Gasteiger partial charge in [0.15, 0.2) is 23.3 Å². The fourth-order valence-corrected chi connectivity index (χ4v) is 4.66. The van der Waals surface area contributed by atoms with Crippen molar-refractivity contribution in [3.63, 3.8) is 0 Å². The van der Waals surface area contributed by atoms with Crippen LogP contribution in [-0.2, 0) is 9.53 Å². The Bertz CT molecular complexity index is 1420. The summed E-state index contributed by atoms with van der Waals surface area (Å²) in [7, 11) is 0. The Labute approximate surface area is 219 Å². The first-order valence-electron chi connectivity index (χ1n) is 11.3. The predicted molar refractivity (Wildman–Crippen MR) is 131 cm³/mol. The fourth-order valence-electron chi connectivity index (χ4n) is 4.38. The van der Waals surface area contributed by atoms with Crippen LogP contribution in [0.15, 0.2) is 67.0 Å². The van der Waals surface area contributed by atoms with E-state index >= 15 is 0 Å². The minimum atomic E-state index is -1.72. The van der Waals surface area contributed by atoms with Crippen LogP contribution >= 0.6 is 12.2 Å². The second-order valence-corrected chi connectivity index (χ2v) is 8.90. The van der Waals surface area contributed by atoms with Crippen LogP contribution in [0.2, 0.25) is 0 Å². The van der Waals surface area contributed by atoms with Gasteiger partial charge in [0.1, 0.15) is 17.8 Å². The summed E-state index contributed by atoms with van der Waals surface area (Å²) in [6.07, 6.45) is 4.56. The van der Waals surface area contributed by atoms with Gasteiger partial charge in [0, 0.05) is 18.5 Å². The van der Waals surface area contributed by atoms with Crippen molar-refractivity contribution in [1.82, 2.24) is 20.3 Å². The number of hydrogen-bond acceptors (Lipinski definition) is 5. The molecule has 0 saturated carbocycles. The Morgan fingerprint density at radius 3 is 2.42 bits per heavy atom. The number of hydrazine groups is 1. The molecule has 0 radical (unpaired) electrons. The average molecular weight is 543 g/mol. The molecule has 194 valence electrons. The second-order valence-electron chi connectivity index (χ2n) is 8.49. The molecule has 2 aliphatic rings. The lowest BCUT2D eigenvalue weighted by Crippen LogP contribution is -2.72. The number of thiocarbonyl (C=S) groups is 1. The summed E-state index contributed by atoms with van der Waals surface area (Å²) in [6, 6.07) is 11.8. The number of hydrogen-bond donors (Lipinski definition) is 1. The van der Waals surface area contributed by atoms with Gasteiger partial charge in [-0.3, -0.25) is 20.1 Å². The number of carbonyl (C=O) groups is 2. The number of cyclic esters (lactones) is 1. The highest BCUT2D eigenvalue weighted by atomic mass is 32.1. The average Bonchev–Trinajstić information content (AvgIpc) is 3.30. The number of halogens is 4. The fraction of sp³-hybridized carbons (Fsp3) is 0.154. The maximum atomic E-state index is 14.4. The van der Waals surface area contributed by atoms with Crippen molar-refractivity contribution >= 4 is 35.3 Å². The molecule has 2 aliphatic heterocycles. The van der Waals surface area contributed by atoms with Crippen LogP contribution in [-0.4, -0.2) is 44.7 Å². The Kier molecular flexibility index (Phi) is 6.81. The van der Waals surface area contributed by atoms with Crippen molar-refractivity contribution in [2.75, 3.05) is 6.61 Å². The first-order valence-corrected chi connectivity index (χ1v) is 11.7. The number of β-lactam (4-membered cyclic amide) rings is 1. The molecule has 1 aromatic heterocycles. The lowest BCUT2D eigenvalue weighted by molar-refractivity contribution is -0.167. The molecule has 3 aromatic rings. The maximum absolute atomic E-state index is 14.4. The molecule has 7 nitrogen and oxygen atoms in total. The third-order valence-electron chi connectivity index (χ3n) is 6.23. The zero-order valence-corrected chi connectivity index (χ0v) is 20.2. The van der Waals surface area contributed by atoms with E-state index in [1.165, 1.54) is 4.90 Å². The summed E-state index contributed by atoms with van der Waals surface area (Å²) in [4.78, 5) is 30.6. The van der Waals surface area contributed by atoms with Crippen LogP contribution in [0.5, 0.6) is 0 Å². The monoisotopic (exact) mass is 542 g/mol. The Hall–Kier alpha value is -4.32. The SMILES string of the molecule is O=C1[C@H](C=Cc2cccnc2)[C@H](N2C(=O)OCC2c2ccccc2)N1NC(=S)c1c(F)c(F)cc(F)c1F. The molecule has 3 atom stereocenters. The summed E-state index contributed by atoms with van der Waals surface area (Å²) < 4.78 is 61.6. The number of benzene rings is 2. The molecular formula is C26H18F4N4O3S. The topological polar surface area (TPSA) is 74.8 Å². The first kappa shape index (κ1) is 25.3. The Morgan fingerprint density at radius 1 is 1.05 bits per heavy atom. The maximum Gasteiger partial charge on any atom is 0.412 e. The number of pyridine rings is 1. The number of carbonyl (C=O) groups excluding carboxylic acids is 2. The summed E-state index contributed by atoms with van der Waals surface area (Å²) in [5.74, 6) is -8.27.